The lowest BCUT2D eigenvalue weighted by Crippen LogP contribution is -2.47. The van der Waals surface area contributed by atoms with E-state index in [0.29, 0.717) is 12.1 Å². The Kier molecular flexibility index (Phi) is 5.95. The smallest absolute Gasteiger partial charge is 0.411 e. The Morgan fingerprint density at radius 2 is 2.14 bits per heavy atom. The van der Waals surface area contributed by atoms with Gasteiger partial charge in [0.25, 0.3) is 0 Å². The Morgan fingerprint density at radius 3 is 2.83 bits per heavy atom. The summed E-state index contributed by atoms with van der Waals surface area (Å²) in [6, 6.07) is 3.08. The molecular formula is C20H28N4O5. The molecule has 9 nitrogen and oxygen atoms in total. The van der Waals surface area contributed by atoms with Crippen molar-refractivity contribution in [2.75, 3.05) is 25.0 Å². The number of nitrogens with one attached hydrogen (secondary N) is 1. The fraction of sp³-hybridized carbons (Fsp3) is 0.600. The molecule has 1 fully saturated rings. The third-order valence-corrected chi connectivity index (χ3v) is 4.88. The number of aromatic nitrogens is 1. The SMILES string of the molecule is CC(C)(C)OC(=O)N(Cc1ccc2c(n1)NCCC2)[C@H]1CCN(CC(=O)O)C1=O. The third kappa shape index (κ3) is 5.16. The number of anilines is 1. The summed E-state index contributed by atoms with van der Waals surface area (Å²) in [7, 11) is 0. The summed E-state index contributed by atoms with van der Waals surface area (Å²) >= 11 is 0. The molecule has 0 aliphatic carbocycles. The molecule has 0 radical (unpaired) electrons. The van der Waals surface area contributed by atoms with Gasteiger partial charge in [0, 0.05) is 13.1 Å². The highest BCUT2D eigenvalue weighted by atomic mass is 16.6. The van der Waals surface area contributed by atoms with E-state index < -0.39 is 23.7 Å². The zero-order valence-electron chi connectivity index (χ0n) is 17.1. The number of aliphatic carboxylic acids is 1. The number of ether oxygens (including phenoxy) is 1. The number of rotatable bonds is 5. The fourth-order valence-corrected chi connectivity index (χ4v) is 3.59. The highest BCUT2D eigenvalue weighted by Gasteiger charge is 2.40. The van der Waals surface area contributed by atoms with E-state index >= 15 is 0 Å². The van der Waals surface area contributed by atoms with E-state index in [1.807, 2.05) is 12.1 Å². The summed E-state index contributed by atoms with van der Waals surface area (Å²) in [5, 5.41) is 12.3. The number of likely N-dealkylation sites (tertiary alicyclic amines) is 1. The first-order chi connectivity index (χ1) is 13.6. The quantitative estimate of drug-likeness (QED) is 0.770. The molecule has 0 spiro atoms. The Balaban J connectivity index is 1.83. The van der Waals surface area contributed by atoms with Crippen molar-refractivity contribution in [2.24, 2.45) is 0 Å². The molecule has 1 aromatic heterocycles. The van der Waals surface area contributed by atoms with Crippen LogP contribution < -0.4 is 5.32 Å². The van der Waals surface area contributed by atoms with Crippen LogP contribution in [0.2, 0.25) is 0 Å². The van der Waals surface area contributed by atoms with Gasteiger partial charge in [0.1, 0.15) is 24.0 Å². The van der Waals surface area contributed by atoms with E-state index in [-0.39, 0.29) is 25.5 Å². The van der Waals surface area contributed by atoms with Crippen LogP contribution in [-0.2, 0) is 27.3 Å². The number of amides is 2. The Labute approximate surface area is 170 Å². The summed E-state index contributed by atoms with van der Waals surface area (Å²) in [4.78, 5) is 43.9. The summed E-state index contributed by atoms with van der Waals surface area (Å²) in [6.45, 7) is 6.16. The van der Waals surface area contributed by atoms with Gasteiger partial charge in [-0.25, -0.2) is 9.78 Å². The van der Waals surface area contributed by atoms with Gasteiger partial charge in [-0.3, -0.25) is 14.5 Å². The van der Waals surface area contributed by atoms with Crippen LogP contribution in [0.5, 0.6) is 0 Å². The van der Waals surface area contributed by atoms with Crippen LogP contribution in [-0.4, -0.2) is 69.1 Å². The van der Waals surface area contributed by atoms with Crippen molar-refractivity contribution in [3.63, 3.8) is 0 Å². The van der Waals surface area contributed by atoms with Gasteiger partial charge < -0.3 is 20.1 Å². The van der Waals surface area contributed by atoms with Crippen LogP contribution in [0.1, 0.15) is 44.9 Å². The maximum absolute atomic E-state index is 12.9. The fourth-order valence-electron chi connectivity index (χ4n) is 3.59. The summed E-state index contributed by atoms with van der Waals surface area (Å²) in [6.07, 6.45) is 1.75. The first-order valence-corrected chi connectivity index (χ1v) is 9.87. The van der Waals surface area contributed by atoms with E-state index in [4.69, 9.17) is 9.84 Å². The van der Waals surface area contributed by atoms with Crippen LogP contribution in [0.4, 0.5) is 10.6 Å². The van der Waals surface area contributed by atoms with Crippen LogP contribution in [0, 0.1) is 0 Å². The zero-order chi connectivity index (χ0) is 21.2. The van der Waals surface area contributed by atoms with Crippen LogP contribution in [0.15, 0.2) is 12.1 Å². The largest absolute Gasteiger partial charge is 0.480 e. The second-order valence-electron chi connectivity index (χ2n) is 8.41. The van der Waals surface area contributed by atoms with Gasteiger partial charge in [-0.2, -0.15) is 0 Å². The number of fused-ring (bicyclic) bond motifs is 1. The average Bonchev–Trinajstić information content (AvgIpc) is 2.98. The van der Waals surface area contributed by atoms with Crippen molar-refractivity contribution in [3.8, 4) is 0 Å². The first kappa shape index (κ1) is 20.9. The lowest BCUT2D eigenvalue weighted by molar-refractivity contribution is -0.144. The molecule has 3 heterocycles. The van der Waals surface area contributed by atoms with Gasteiger partial charge in [0.2, 0.25) is 5.91 Å². The van der Waals surface area contributed by atoms with Gasteiger partial charge in [-0.05, 0) is 51.7 Å². The van der Waals surface area contributed by atoms with Crippen LogP contribution in [0.3, 0.4) is 0 Å². The van der Waals surface area contributed by atoms with Crippen molar-refractivity contribution in [2.45, 2.75) is 58.2 Å². The molecule has 2 aliphatic rings. The van der Waals surface area contributed by atoms with E-state index in [1.54, 1.807) is 20.8 Å². The predicted octanol–water partition coefficient (Wildman–Crippen LogP) is 1.86. The van der Waals surface area contributed by atoms with Gasteiger partial charge >= 0.3 is 12.1 Å². The Bertz CT molecular complexity index is 805. The van der Waals surface area contributed by atoms with Crippen molar-refractivity contribution < 1.29 is 24.2 Å². The summed E-state index contributed by atoms with van der Waals surface area (Å²) in [5.41, 5.74) is 1.06. The second-order valence-corrected chi connectivity index (χ2v) is 8.41. The van der Waals surface area contributed by atoms with Crippen molar-refractivity contribution in [1.82, 2.24) is 14.8 Å². The van der Waals surface area contributed by atoms with Gasteiger partial charge in [-0.15, -0.1) is 0 Å². The number of hydrogen-bond donors (Lipinski definition) is 2. The van der Waals surface area contributed by atoms with Crippen LogP contribution >= 0.6 is 0 Å². The lowest BCUT2D eigenvalue weighted by atomic mass is 10.1. The number of carbonyl (C=O) groups excluding carboxylic acids is 2. The van der Waals surface area contributed by atoms with Gasteiger partial charge in [0.05, 0.1) is 12.2 Å². The number of carboxylic acids is 1. The van der Waals surface area contributed by atoms with E-state index in [1.165, 1.54) is 9.80 Å². The second kappa shape index (κ2) is 8.26. The van der Waals surface area contributed by atoms with Crippen molar-refractivity contribution >= 4 is 23.8 Å². The molecule has 1 saturated heterocycles. The monoisotopic (exact) mass is 404 g/mol. The molecule has 2 N–H and O–H groups in total. The molecule has 2 aliphatic heterocycles. The highest BCUT2D eigenvalue weighted by molar-refractivity contribution is 5.89. The lowest BCUT2D eigenvalue weighted by Gasteiger charge is -2.31. The minimum Gasteiger partial charge on any atom is -0.480 e. The molecule has 1 atom stereocenters. The predicted molar refractivity (Wildman–Crippen MR) is 105 cm³/mol. The molecule has 29 heavy (non-hydrogen) atoms. The first-order valence-electron chi connectivity index (χ1n) is 9.87. The molecule has 0 unspecified atom stereocenters. The molecular weight excluding hydrogens is 376 g/mol. The summed E-state index contributed by atoms with van der Waals surface area (Å²) in [5.74, 6) is -0.650. The van der Waals surface area contributed by atoms with Crippen LogP contribution in [0.25, 0.3) is 0 Å². The number of carboxylic acid groups (broad SMARTS) is 1. The third-order valence-electron chi connectivity index (χ3n) is 4.88. The number of aryl methyl sites for hydroxylation is 1. The topological polar surface area (TPSA) is 112 Å². The molecule has 158 valence electrons. The van der Waals surface area contributed by atoms with Gasteiger partial charge in [-0.1, -0.05) is 6.07 Å². The minimum absolute atomic E-state index is 0.112. The van der Waals surface area contributed by atoms with Gasteiger partial charge in [0.15, 0.2) is 0 Å². The number of pyridine rings is 1. The van der Waals surface area contributed by atoms with Crippen molar-refractivity contribution in [1.29, 1.82) is 0 Å². The minimum atomic E-state index is -1.08. The van der Waals surface area contributed by atoms with E-state index in [9.17, 15) is 14.4 Å². The molecule has 0 bridgehead atoms. The van der Waals surface area contributed by atoms with E-state index in [0.717, 1.165) is 30.8 Å². The Morgan fingerprint density at radius 1 is 1.38 bits per heavy atom. The molecule has 2 amide bonds. The summed E-state index contributed by atoms with van der Waals surface area (Å²) < 4.78 is 5.52. The number of nitrogens with zero attached hydrogens (tertiary/aromatic N) is 3. The highest BCUT2D eigenvalue weighted by Crippen LogP contribution is 2.24. The number of hydrogen-bond acceptors (Lipinski definition) is 6. The molecule has 1 aromatic rings. The van der Waals surface area contributed by atoms with Crippen molar-refractivity contribution in [3.05, 3.63) is 23.4 Å². The van der Waals surface area contributed by atoms with E-state index in [2.05, 4.69) is 10.3 Å². The molecule has 9 heteroatoms. The maximum Gasteiger partial charge on any atom is 0.411 e. The standard InChI is InChI=1S/C20H28N4O5/c1-20(2,3)29-19(28)24(15-8-10-23(18(15)27)12-16(25)26)11-14-7-6-13-5-4-9-21-17(13)22-14/h6-7,15H,4-5,8-12H2,1-3H3,(H,21,22)(H,25,26)/t15-/m0/s1. The average molecular weight is 404 g/mol. The number of carbonyl (C=O) groups is 3. The Hall–Kier alpha value is -2.84. The molecule has 0 aromatic carbocycles. The molecule has 0 saturated carbocycles. The zero-order valence-corrected chi connectivity index (χ0v) is 17.1. The maximum atomic E-state index is 12.9. The normalized spacial score (nSPS) is 18.8. The molecule has 3 rings (SSSR count).